The Labute approximate surface area is 69.1 Å². The summed E-state index contributed by atoms with van der Waals surface area (Å²) in [7, 11) is 1.36. The minimum absolute atomic E-state index is 0.552. The highest BCUT2D eigenvalue weighted by atomic mass is 19.3. The van der Waals surface area contributed by atoms with Crippen molar-refractivity contribution in [3.05, 3.63) is 0 Å². The van der Waals surface area contributed by atoms with Crippen LogP contribution in [0, 0.1) is 0 Å². The third-order valence-corrected chi connectivity index (χ3v) is 1.37. The Morgan fingerprint density at radius 2 is 1.58 bits per heavy atom. The molecule has 0 saturated heterocycles. The Balaban J connectivity index is 3.75. The first-order valence-corrected chi connectivity index (χ1v) is 3.67. The summed E-state index contributed by atoms with van der Waals surface area (Å²) in [6, 6.07) is 0. The van der Waals surface area contributed by atoms with Crippen molar-refractivity contribution in [2.75, 3.05) is 13.6 Å². The molecule has 0 fully saturated rings. The average Bonchev–Trinajstić information content (AvgIpc) is 1.83. The normalized spacial score (nSPS) is 13.5. The van der Waals surface area contributed by atoms with Gasteiger partial charge in [-0.05, 0) is 14.0 Å². The first-order chi connectivity index (χ1) is 5.27. The second-order valence-electron chi connectivity index (χ2n) is 2.96. The second-order valence-corrected chi connectivity index (χ2v) is 2.96. The van der Waals surface area contributed by atoms with Gasteiger partial charge >= 0.3 is 0 Å². The quantitative estimate of drug-likeness (QED) is 0.651. The number of hydrogen-bond acceptors (Lipinski definition) is 1. The van der Waals surface area contributed by atoms with Gasteiger partial charge in [-0.1, -0.05) is 0 Å². The van der Waals surface area contributed by atoms with Crippen molar-refractivity contribution < 1.29 is 17.6 Å². The predicted molar refractivity (Wildman–Crippen MR) is 38.7 cm³/mol. The van der Waals surface area contributed by atoms with E-state index in [2.05, 4.69) is 5.32 Å². The van der Waals surface area contributed by atoms with Gasteiger partial charge in [-0.25, -0.2) is 17.6 Å². The van der Waals surface area contributed by atoms with Gasteiger partial charge in [0, 0.05) is 12.8 Å². The van der Waals surface area contributed by atoms with Crippen molar-refractivity contribution in [2.24, 2.45) is 0 Å². The third kappa shape index (κ3) is 6.39. The van der Waals surface area contributed by atoms with Gasteiger partial charge in [-0.15, -0.1) is 0 Å². The zero-order chi connectivity index (χ0) is 9.83. The minimum atomic E-state index is -3.03. The van der Waals surface area contributed by atoms with Gasteiger partial charge in [0.2, 0.25) is 5.92 Å². The summed E-state index contributed by atoms with van der Waals surface area (Å²) in [5, 5.41) is 2.25. The highest BCUT2D eigenvalue weighted by molar-refractivity contribution is 4.71. The Morgan fingerprint density at radius 3 is 1.92 bits per heavy atom. The van der Waals surface area contributed by atoms with Gasteiger partial charge < -0.3 is 5.32 Å². The molecule has 1 N–H and O–H groups in total. The van der Waals surface area contributed by atoms with Crippen molar-refractivity contribution in [2.45, 2.75) is 31.6 Å². The van der Waals surface area contributed by atoms with E-state index >= 15 is 0 Å². The van der Waals surface area contributed by atoms with Gasteiger partial charge in [-0.2, -0.15) is 0 Å². The molecular formula is C7H13F4N. The van der Waals surface area contributed by atoms with E-state index in [1.165, 1.54) is 7.05 Å². The number of hydrogen-bond donors (Lipinski definition) is 1. The van der Waals surface area contributed by atoms with Gasteiger partial charge in [0.25, 0.3) is 5.92 Å². The van der Waals surface area contributed by atoms with Crippen LogP contribution < -0.4 is 5.32 Å². The predicted octanol–water partition coefficient (Wildman–Crippen LogP) is 2.28. The molecule has 0 bridgehead atoms. The molecule has 0 saturated carbocycles. The van der Waals surface area contributed by atoms with Crippen molar-refractivity contribution in [1.82, 2.24) is 5.32 Å². The zero-order valence-electron chi connectivity index (χ0n) is 7.13. The Kier molecular flexibility index (Phi) is 3.96. The van der Waals surface area contributed by atoms with Crippen molar-refractivity contribution in [3.8, 4) is 0 Å². The zero-order valence-corrected chi connectivity index (χ0v) is 7.13. The van der Waals surface area contributed by atoms with Gasteiger partial charge in [0.1, 0.15) is 0 Å². The number of nitrogens with one attached hydrogen (secondary N) is 1. The van der Waals surface area contributed by atoms with Crippen LogP contribution in [0.15, 0.2) is 0 Å². The first kappa shape index (κ1) is 11.7. The molecule has 74 valence electrons. The fraction of sp³-hybridized carbons (Fsp3) is 1.00. The van der Waals surface area contributed by atoms with E-state index in [9.17, 15) is 17.6 Å². The van der Waals surface area contributed by atoms with E-state index in [4.69, 9.17) is 0 Å². The van der Waals surface area contributed by atoms with Gasteiger partial charge in [-0.3, -0.25) is 0 Å². The molecule has 0 aliphatic rings. The molecular weight excluding hydrogens is 174 g/mol. The lowest BCUT2D eigenvalue weighted by Gasteiger charge is -2.17. The molecule has 0 radical (unpaired) electrons. The summed E-state index contributed by atoms with van der Waals surface area (Å²) in [4.78, 5) is 0. The first-order valence-electron chi connectivity index (χ1n) is 3.67. The molecule has 0 aromatic carbocycles. The van der Waals surface area contributed by atoms with Crippen molar-refractivity contribution in [1.29, 1.82) is 0 Å². The molecule has 0 unspecified atom stereocenters. The molecule has 0 rings (SSSR count). The van der Waals surface area contributed by atoms with E-state index in [0.29, 0.717) is 6.92 Å². The Hall–Kier alpha value is -0.320. The van der Waals surface area contributed by atoms with E-state index in [1.54, 1.807) is 0 Å². The SMILES string of the molecule is CNCC(F)(F)CCC(C)(F)F. The van der Waals surface area contributed by atoms with Crippen LogP contribution in [-0.4, -0.2) is 25.4 Å². The maximum Gasteiger partial charge on any atom is 0.260 e. The van der Waals surface area contributed by atoms with Crippen LogP contribution >= 0.6 is 0 Å². The summed E-state index contributed by atoms with van der Waals surface area (Å²) in [6.07, 6.45) is -1.56. The summed E-state index contributed by atoms with van der Waals surface area (Å²) in [5.74, 6) is -6.04. The maximum atomic E-state index is 12.6. The van der Waals surface area contributed by atoms with E-state index in [-0.39, 0.29) is 0 Å². The lowest BCUT2D eigenvalue weighted by atomic mass is 10.1. The molecule has 0 spiro atoms. The number of alkyl halides is 4. The van der Waals surface area contributed by atoms with Crippen LogP contribution in [0.3, 0.4) is 0 Å². The molecule has 0 aromatic rings. The maximum absolute atomic E-state index is 12.6. The van der Waals surface area contributed by atoms with Crippen LogP contribution in [0.1, 0.15) is 19.8 Å². The van der Waals surface area contributed by atoms with E-state index in [1.807, 2.05) is 0 Å². The van der Waals surface area contributed by atoms with Gasteiger partial charge in [0.05, 0.1) is 6.54 Å². The van der Waals surface area contributed by atoms with Crippen LogP contribution in [0.2, 0.25) is 0 Å². The van der Waals surface area contributed by atoms with Crippen LogP contribution in [0.4, 0.5) is 17.6 Å². The summed E-state index contributed by atoms with van der Waals surface area (Å²) in [5.41, 5.74) is 0. The van der Waals surface area contributed by atoms with Gasteiger partial charge in [0.15, 0.2) is 0 Å². The Bertz CT molecular complexity index is 130. The average molecular weight is 187 g/mol. The molecule has 0 heterocycles. The van der Waals surface area contributed by atoms with Crippen LogP contribution in [0.25, 0.3) is 0 Å². The lowest BCUT2D eigenvalue weighted by molar-refractivity contribution is -0.0516. The topological polar surface area (TPSA) is 12.0 Å². The molecule has 0 aromatic heterocycles. The van der Waals surface area contributed by atoms with Crippen LogP contribution in [-0.2, 0) is 0 Å². The smallest absolute Gasteiger partial charge is 0.260 e. The summed E-state index contributed by atoms with van der Waals surface area (Å²) < 4.78 is 49.4. The number of rotatable bonds is 5. The molecule has 5 heteroatoms. The summed E-state index contributed by atoms with van der Waals surface area (Å²) in [6.45, 7) is 0.0888. The molecule has 0 atom stereocenters. The van der Waals surface area contributed by atoms with E-state index in [0.717, 1.165) is 0 Å². The van der Waals surface area contributed by atoms with Crippen LogP contribution in [0.5, 0.6) is 0 Å². The molecule has 1 nitrogen and oxygen atoms in total. The minimum Gasteiger partial charge on any atom is -0.314 e. The lowest BCUT2D eigenvalue weighted by Crippen LogP contribution is -2.32. The molecule has 0 amide bonds. The molecule has 0 aliphatic heterocycles. The highest BCUT2D eigenvalue weighted by Crippen LogP contribution is 2.26. The molecule has 0 aliphatic carbocycles. The summed E-state index contributed by atoms with van der Waals surface area (Å²) >= 11 is 0. The fourth-order valence-electron chi connectivity index (χ4n) is 0.749. The largest absolute Gasteiger partial charge is 0.314 e. The Morgan fingerprint density at radius 1 is 1.08 bits per heavy atom. The van der Waals surface area contributed by atoms with Crippen molar-refractivity contribution >= 4 is 0 Å². The van der Waals surface area contributed by atoms with E-state index < -0.39 is 31.2 Å². The molecule has 12 heavy (non-hydrogen) atoms. The monoisotopic (exact) mass is 187 g/mol. The van der Waals surface area contributed by atoms with Crippen molar-refractivity contribution in [3.63, 3.8) is 0 Å². The highest BCUT2D eigenvalue weighted by Gasteiger charge is 2.32. The standard InChI is InChI=1S/C7H13F4N/c1-6(8,9)3-4-7(10,11)5-12-2/h12H,3-5H2,1-2H3. The third-order valence-electron chi connectivity index (χ3n) is 1.37. The number of halogens is 4. The fourth-order valence-corrected chi connectivity index (χ4v) is 0.749. The second kappa shape index (κ2) is 4.07.